The van der Waals surface area contributed by atoms with Crippen LogP contribution in [-0.4, -0.2) is 168 Å². The maximum absolute atomic E-state index is 14.2. The van der Waals surface area contributed by atoms with Gasteiger partial charge in [0.2, 0.25) is 0 Å². The van der Waals surface area contributed by atoms with E-state index in [0.29, 0.717) is 13.0 Å². The first-order valence-electron chi connectivity index (χ1n) is 20.9. The molecule has 59 heavy (non-hydrogen) atoms. The minimum atomic E-state index is -1.96. The number of ether oxygens (including phenoxy) is 7. The molecule has 4 aliphatic heterocycles. The molecule has 0 aromatic heterocycles. The Hall–Kier alpha value is -1.91. The van der Waals surface area contributed by atoms with Crippen molar-refractivity contribution < 1.29 is 72.8 Å². The molecule has 0 aliphatic carbocycles. The molecule has 0 aromatic carbocycles. The van der Waals surface area contributed by atoms with Gasteiger partial charge < -0.3 is 64.2 Å². The zero-order valence-electron chi connectivity index (χ0n) is 37.6. The fourth-order valence-electron chi connectivity index (χ4n) is 8.94. The fourth-order valence-corrected chi connectivity index (χ4v) is 8.94. The number of Topliss-reactive ketones (excluding diaryl/α,β-unsaturated/α-hetero) is 1. The number of nitrogens with two attached hydrogens (primary N) is 1. The molecule has 7 N–H and O–H groups in total. The molecule has 4 aliphatic rings. The number of aliphatic hydroxyl groups excluding tert-OH is 3. The first-order chi connectivity index (χ1) is 27.3. The van der Waals surface area contributed by atoms with E-state index < -0.39 is 108 Å². The van der Waals surface area contributed by atoms with Gasteiger partial charge in [-0.2, -0.15) is 0 Å². The van der Waals surface area contributed by atoms with Crippen LogP contribution >= 0.6 is 0 Å². The Morgan fingerprint density at radius 3 is 1.98 bits per heavy atom. The van der Waals surface area contributed by atoms with E-state index in [2.05, 4.69) is 10.3 Å². The van der Waals surface area contributed by atoms with Crippen LogP contribution in [0.5, 0.6) is 0 Å². The Balaban J connectivity index is 0.00000120. The predicted molar refractivity (Wildman–Crippen MR) is 213 cm³/mol. The number of hydrogen-bond acceptors (Lipinski definition) is 17. The van der Waals surface area contributed by atoms with Gasteiger partial charge in [-0.15, -0.1) is 0 Å². The topological polar surface area (TPSA) is 247 Å². The highest BCUT2D eigenvalue weighted by molar-refractivity contribution is 5.83. The van der Waals surface area contributed by atoms with Crippen LogP contribution in [0, 0.1) is 23.7 Å². The van der Waals surface area contributed by atoms with Gasteiger partial charge in [0.15, 0.2) is 12.6 Å². The lowest BCUT2D eigenvalue weighted by molar-refractivity contribution is -0.319. The summed E-state index contributed by atoms with van der Waals surface area (Å²) in [7, 11) is 6.77. The molecule has 0 unspecified atom stereocenters. The molecule has 4 fully saturated rings. The van der Waals surface area contributed by atoms with E-state index in [1.165, 1.54) is 21.1 Å². The molecule has 0 saturated carbocycles. The van der Waals surface area contributed by atoms with Crippen molar-refractivity contribution >= 4 is 17.7 Å². The van der Waals surface area contributed by atoms with Crippen molar-refractivity contribution in [1.29, 1.82) is 0 Å². The SMILES string of the molecule is CC[C@H]1OC(=O)[C@H](C)[C@@H](O[C@H]2C[C@@](C)(OC)[C@@H](O)[C@H](C)O2)[C@H](C)[C@@H](O[C@@H]2O[C@H](C)C[C@H](N(C)C)[C@H]2O)[C@](C)(OC)C[C@@H](C)C(=O)[C@H](C)[C@@H](O)[C@]1(C)O.N[C@@H]1CONC1=O. The van der Waals surface area contributed by atoms with E-state index >= 15 is 0 Å². The third-order valence-electron chi connectivity index (χ3n) is 13.0. The number of hydroxylamine groups is 1. The number of aliphatic hydroxyl groups is 4. The molecule has 0 aromatic rings. The van der Waals surface area contributed by atoms with E-state index in [4.69, 9.17) is 38.9 Å². The summed E-state index contributed by atoms with van der Waals surface area (Å²) in [4.78, 5) is 44.7. The van der Waals surface area contributed by atoms with Crippen LogP contribution in [0.15, 0.2) is 0 Å². The fraction of sp³-hybridized carbons (Fsp3) is 0.927. The molecule has 344 valence electrons. The summed E-state index contributed by atoms with van der Waals surface area (Å²) in [6, 6.07) is -0.741. The normalized spacial score (nSPS) is 46.8. The number of esters is 1. The standard InChI is InChI=1S/C38H69NO13.C3H6N2O2/c1-15-26-38(10,45)31(42)21(4)28(40)19(2)17-37(9,47-14)33(52-35-29(41)25(39(11)12)16-20(3)48-35)22(5)30(23(6)34(44)50-26)51-27-18-36(8,46-13)32(43)24(7)49-27;4-2-1-7-5-3(2)6/h19-27,29-33,35,41-43,45H,15-18H2,1-14H3;2H,1,4H2,(H,5,6)/t19-,20-,21+,22+,23-,24+,25+,26-,27+,29-,30+,31-,32+,33-,35+,36-,37-,38-;2-/m11/s1. The van der Waals surface area contributed by atoms with Crippen molar-refractivity contribution in [2.75, 3.05) is 34.9 Å². The van der Waals surface area contributed by atoms with Gasteiger partial charge in [0.1, 0.15) is 35.7 Å². The molecule has 4 rings (SSSR count). The van der Waals surface area contributed by atoms with Crippen molar-refractivity contribution in [3.05, 3.63) is 0 Å². The Labute approximate surface area is 349 Å². The van der Waals surface area contributed by atoms with Crippen molar-refractivity contribution in [2.24, 2.45) is 29.4 Å². The Kier molecular flexibility index (Phi) is 18.3. The second-order valence-electron chi connectivity index (χ2n) is 18.0. The summed E-state index contributed by atoms with van der Waals surface area (Å²) < 4.78 is 43.9. The summed E-state index contributed by atoms with van der Waals surface area (Å²) in [5, 5.41) is 45.6. The lowest BCUT2D eigenvalue weighted by Gasteiger charge is -2.50. The first kappa shape index (κ1) is 51.4. The minimum Gasteiger partial charge on any atom is -0.459 e. The van der Waals surface area contributed by atoms with E-state index in [0.717, 1.165) is 0 Å². The third kappa shape index (κ3) is 11.8. The molecule has 18 heteroatoms. The molecular weight excluding hydrogens is 774 g/mol. The maximum Gasteiger partial charge on any atom is 0.311 e. The van der Waals surface area contributed by atoms with Crippen LogP contribution in [0.3, 0.4) is 0 Å². The summed E-state index contributed by atoms with van der Waals surface area (Å²) in [5.41, 5.74) is 3.00. The second-order valence-corrected chi connectivity index (χ2v) is 18.0. The number of methoxy groups -OCH3 is 2. The monoisotopic (exact) mass is 850 g/mol. The number of nitrogens with zero attached hydrogens (tertiary/aromatic N) is 1. The molecule has 0 radical (unpaired) electrons. The average Bonchev–Trinajstić information content (AvgIpc) is 3.56. The molecule has 4 heterocycles. The lowest BCUT2D eigenvalue weighted by atomic mass is 9.74. The van der Waals surface area contributed by atoms with E-state index in [-0.39, 0.29) is 43.1 Å². The predicted octanol–water partition coefficient (Wildman–Crippen LogP) is 0.815. The Bertz CT molecular complexity index is 1390. The number of ketones is 1. The number of carbonyl (C=O) groups excluding carboxylic acids is 3. The summed E-state index contributed by atoms with van der Waals surface area (Å²) >= 11 is 0. The van der Waals surface area contributed by atoms with Crippen LogP contribution in [0.25, 0.3) is 0 Å². The number of hydrogen-bond donors (Lipinski definition) is 6. The van der Waals surface area contributed by atoms with Crippen molar-refractivity contribution in [2.45, 2.75) is 185 Å². The summed E-state index contributed by atoms with van der Waals surface area (Å²) in [6.45, 7) is 17.3. The van der Waals surface area contributed by atoms with Gasteiger partial charge in [-0.25, -0.2) is 5.48 Å². The maximum atomic E-state index is 14.2. The van der Waals surface area contributed by atoms with Crippen molar-refractivity contribution in [1.82, 2.24) is 10.4 Å². The van der Waals surface area contributed by atoms with Crippen molar-refractivity contribution in [3.8, 4) is 0 Å². The Morgan fingerprint density at radius 2 is 1.49 bits per heavy atom. The number of cyclic esters (lactones) is 1. The van der Waals surface area contributed by atoms with Crippen LogP contribution in [0.4, 0.5) is 0 Å². The van der Waals surface area contributed by atoms with Gasteiger partial charge >= 0.3 is 5.97 Å². The highest BCUT2D eigenvalue weighted by Gasteiger charge is 2.54. The zero-order chi connectivity index (χ0) is 44.9. The van der Waals surface area contributed by atoms with Gasteiger partial charge in [-0.05, 0) is 74.9 Å². The highest BCUT2D eigenvalue weighted by Crippen LogP contribution is 2.41. The smallest absolute Gasteiger partial charge is 0.311 e. The molecular formula is C41H75N3O15. The number of carbonyl (C=O) groups is 3. The minimum absolute atomic E-state index is 0.111. The number of rotatable bonds is 8. The molecule has 18 nitrogen and oxygen atoms in total. The summed E-state index contributed by atoms with van der Waals surface area (Å²) in [6.07, 6.45) is -8.73. The van der Waals surface area contributed by atoms with Gasteiger partial charge in [-0.1, -0.05) is 27.7 Å². The Morgan fingerprint density at radius 1 is 0.881 bits per heavy atom. The molecule has 1 amide bonds. The van der Waals surface area contributed by atoms with E-state index in [9.17, 15) is 34.8 Å². The van der Waals surface area contributed by atoms with Gasteiger partial charge in [0.05, 0.1) is 54.2 Å². The van der Waals surface area contributed by atoms with E-state index in [1.54, 1.807) is 48.5 Å². The average molecular weight is 850 g/mol. The quantitative estimate of drug-likeness (QED) is 0.185. The first-order valence-corrected chi connectivity index (χ1v) is 20.9. The lowest BCUT2D eigenvalue weighted by Crippen LogP contribution is -2.61. The van der Waals surface area contributed by atoms with Crippen LogP contribution in [-0.2, 0) is 52.4 Å². The largest absolute Gasteiger partial charge is 0.459 e. The van der Waals surface area contributed by atoms with Gasteiger partial charge in [0.25, 0.3) is 5.91 Å². The highest BCUT2D eigenvalue weighted by atomic mass is 16.7. The van der Waals surface area contributed by atoms with Crippen LogP contribution in [0.1, 0.15) is 94.9 Å². The zero-order valence-corrected chi connectivity index (χ0v) is 37.6. The van der Waals surface area contributed by atoms with Crippen LogP contribution < -0.4 is 11.2 Å². The number of likely N-dealkylation sites (N-methyl/N-ethyl adjacent to an activating group) is 1. The number of amides is 1. The summed E-state index contributed by atoms with van der Waals surface area (Å²) in [5.74, 6) is -4.71. The number of nitrogens with one attached hydrogen (secondary N) is 1. The third-order valence-corrected chi connectivity index (χ3v) is 13.0. The van der Waals surface area contributed by atoms with Gasteiger partial charge in [0, 0.05) is 44.4 Å². The second kappa shape index (κ2) is 21.0. The van der Waals surface area contributed by atoms with Crippen LogP contribution in [0.2, 0.25) is 0 Å². The van der Waals surface area contributed by atoms with Crippen molar-refractivity contribution in [3.63, 3.8) is 0 Å². The molecule has 0 bridgehead atoms. The molecule has 0 spiro atoms. The molecule has 19 atom stereocenters. The molecule has 4 saturated heterocycles. The van der Waals surface area contributed by atoms with E-state index in [1.807, 2.05) is 32.8 Å². The van der Waals surface area contributed by atoms with Gasteiger partial charge in [-0.3, -0.25) is 19.2 Å².